The van der Waals surface area contributed by atoms with E-state index in [9.17, 15) is 9.18 Å². The Balaban J connectivity index is 1.74. The number of nitrogens with zero attached hydrogens (tertiary/aromatic N) is 2. The molecule has 1 aromatic carbocycles. The van der Waals surface area contributed by atoms with E-state index in [0.717, 1.165) is 12.8 Å². The van der Waals surface area contributed by atoms with Crippen molar-refractivity contribution in [2.45, 2.75) is 63.8 Å². The fraction of sp³-hybridized carbons (Fsp3) is 0.650. The van der Waals surface area contributed by atoms with Crippen LogP contribution in [0.3, 0.4) is 0 Å². The summed E-state index contributed by atoms with van der Waals surface area (Å²) < 4.78 is 20.0. The van der Waals surface area contributed by atoms with Crippen molar-refractivity contribution in [3.05, 3.63) is 35.9 Å². The summed E-state index contributed by atoms with van der Waals surface area (Å²) in [5.74, 6) is 0. The van der Waals surface area contributed by atoms with Gasteiger partial charge in [-0.05, 0) is 32.3 Å². The molecule has 1 amide bonds. The van der Waals surface area contributed by atoms with Crippen molar-refractivity contribution in [3.63, 3.8) is 0 Å². The number of piperazine rings is 1. The zero-order valence-corrected chi connectivity index (χ0v) is 15.5. The number of ether oxygens (including phenoxy) is 1. The van der Waals surface area contributed by atoms with E-state index >= 15 is 0 Å². The minimum Gasteiger partial charge on any atom is -0.449 e. The zero-order valence-electron chi connectivity index (χ0n) is 15.5. The number of amides is 1. The summed E-state index contributed by atoms with van der Waals surface area (Å²) in [6, 6.07) is 9.99. The first kappa shape index (κ1) is 18.2. The third kappa shape index (κ3) is 3.52. The van der Waals surface area contributed by atoms with Crippen LogP contribution >= 0.6 is 0 Å². The van der Waals surface area contributed by atoms with E-state index in [1.165, 1.54) is 5.56 Å². The molecule has 2 saturated heterocycles. The molecule has 138 valence electrons. The summed E-state index contributed by atoms with van der Waals surface area (Å²) in [6.45, 7) is 7.74. The fourth-order valence-corrected chi connectivity index (χ4v) is 4.31. The van der Waals surface area contributed by atoms with Crippen molar-refractivity contribution in [3.8, 4) is 0 Å². The molecule has 2 aliphatic rings. The van der Waals surface area contributed by atoms with Crippen molar-refractivity contribution in [2.75, 3.05) is 19.7 Å². The SMILES string of the molecule is CCCCOC(=O)N1CC2CC(F)C(C1)N2C(C)(C)c1ccccc1. The molecule has 0 aliphatic carbocycles. The molecule has 2 aliphatic heterocycles. The van der Waals surface area contributed by atoms with Crippen LogP contribution in [-0.2, 0) is 10.3 Å². The predicted molar refractivity (Wildman–Crippen MR) is 96.2 cm³/mol. The van der Waals surface area contributed by atoms with Crippen molar-refractivity contribution in [1.82, 2.24) is 9.80 Å². The van der Waals surface area contributed by atoms with Gasteiger partial charge in [0.15, 0.2) is 0 Å². The Hall–Kier alpha value is -1.62. The van der Waals surface area contributed by atoms with Crippen molar-refractivity contribution in [2.24, 2.45) is 0 Å². The van der Waals surface area contributed by atoms with Crippen LogP contribution in [0.2, 0.25) is 0 Å². The Bertz CT molecular complexity index is 593. The van der Waals surface area contributed by atoms with Crippen molar-refractivity contribution < 1.29 is 13.9 Å². The second kappa shape index (κ2) is 7.32. The van der Waals surface area contributed by atoms with Crippen LogP contribution in [0.25, 0.3) is 0 Å². The quantitative estimate of drug-likeness (QED) is 0.755. The third-order valence-electron chi connectivity index (χ3n) is 5.61. The van der Waals surface area contributed by atoms with Crippen LogP contribution < -0.4 is 0 Å². The van der Waals surface area contributed by atoms with Gasteiger partial charge in [-0.15, -0.1) is 0 Å². The number of alkyl halides is 1. The van der Waals surface area contributed by atoms with Crippen LogP contribution in [0.4, 0.5) is 9.18 Å². The van der Waals surface area contributed by atoms with E-state index in [0.29, 0.717) is 26.1 Å². The lowest BCUT2D eigenvalue weighted by Gasteiger charge is -2.49. The molecule has 3 atom stereocenters. The molecular weight excluding hydrogens is 319 g/mol. The third-order valence-corrected chi connectivity index (χ3v) is 5.61. The molecule has 3 unspecified atom stereocenters. The monoisotopic (exact) mass is 348 g/mol. The van der Waals surface area contributed by atoms with Crippen LogP contribution in [0.1, 0.15) is 45.6 Å². The fourth-order valence-electron chi connectivity index (χ4n) is 4.31. The molecule has 4 nitrogen and oxygen atoms in total. The van der Waals surface area contributed by atoms with Crippen LogP contribution in [0.15, 0.2) is 30.3 Å². The summed E-state index contributed by atoms with van der Waals surface area (Å²) in [6.07, 6.45) is 1.14. The van der Waals surface area contributed by atoms with Gasteiger partial charge in [-0.2, -0.15) is 0 Å². The lowest BCUT2D eigenvalue weighted by Crippen LogP contribution is -2.61. The second-order valence-corrected chi connectivity index (χ2v) is 7.68. The number of rotatable bonds is 5. The molecule has 2 heterocycles. The van der Waals surface area contributed by atoms with Crippen LogP contribution in [-0.4, -0.2) is 53.8 Å². The predicted octanol–water partition coefficient (Wildman–Crippen LogP) is 3.96. The second-order valence-electron chi connectivity index (χ2n) is 7.68. The maximum Gasteiger partial charge on any atom is 0.409 e. The molecule has 2 bridgehead atoms. The maximum absolute atomic E-state index is 14.7. The summed E-state index contributed by atoms with van der Waals surface area (Å²) >= 11 is 0. The van der Waals surface area contributed by atoms with Gasteiger partial charge in [0.1, 0.15) is 6.17 Å². The number of fused-ring (bicyclic) bond motifs is 2. The highest BCUT2D eigenvalue weighted by molar-refractivity contribution is 5.68. The lowest BCUT2D eigenvalue weighted by molar-refractivity contribution is -0.0179. The Kier molecular flexibility index (Phi) is 5.32. The minimum absolute atomic E-state index is 0.0303. The number of hydrogen-bond donors (Lipinski definition) is 0. The van der Waals surface area contributed by atoms with Gasteiger partial charge >= 0.3 is 6.09 Å². The van der Waals surface area contributed by atoms with Crippen molar-refractivity contribution >= 4 is 6.09 Å². The van der Waals surface area contributed by atoms with Gasteiger partial charge in [0.2, 0.25) is 0 Å². The molecule has 0 aromatic heterocycles. The highest BCUT2D eigenvalue weighted by Gasteiger charge is 2.53. The highest BCUT2D eigenvalue weighted by atomic mass is 19.1. The molecule has 1 aromatic rings. The smallest absolute Gasteiger partial charge is 0.409 e. The number of halogens is 1. The van der Waals surface area contributed by atoms with Gasteiger partial charge in [-0.25, -0.2) is 9.18 Å². The van der Waals surface area contributed by atoms with Gasteiger partial charge in [0.25, 0.3) is 0 Å². The Morgan fingerprint density at radius 2 is 2.00 bits per heavy atom. The van der Waals surface area contributed by atoms with Gasteiger partial charge in [0, 0.05) is 24.7 Å². The van der Waals surface area contributed by atoms with Crippen LogP contribution in [0, 0.1) is 0 Å². The molecular formula is C20H29FN2O2. The molecule has 0 saturated carbocycles. The average molecular weight is 348 g/mol. The van der Waals surface area contributed by atoms with Gasteiger partial charge in [-0.1, -0.05) is 43.7 Å². The number of benzene rings is 1. The molecule has 0 spiro atoms. The number of carbonyl (C=O) groups is 1. The molecule has 2 fully saturated rings. The van der Waals surface area contributed by atoms with Gasteiger partial charge in [0.05, 0.1) is 12.6 Å². The normalized spacial score (nSPS) is 26.7. The average Bonchev–Trinajstić information content (AvgIpc) is 2.82. The topological polar surface area (TPSA) is 32.8 Å². The lowest BCUT2D eigenvalue weighted by atomic mass is 9.89. The maximum atomic E-state index is 14.7. The standard InChI is InChI=1S/C20H29FN2O2/c1-4-5-11-25-19(24)22-13-16-12-17(21)18(14-22)23(16)20(2,3)15-9-7-6-8-10-15/h6-10,16-18H,4-5,11-14H2,1-3H3. The van der Waals surface area contributed by atoms with Crippen LogP contribution in [0.5, 0.6) is 0 Å². The van der Waals surface area contributed by atoms with Crippen molar-refractivity contribution in [1.29, 1.82) is 0 Å². The zero-order chi connectivity index (χ0) is 18.0. The molecule has 25 heavy (non-hydrogen) atoms. The summed E-state index contributed by atoms with van der Waals surface area (Å²) in [5.41, 5.74) is 0.911. The van der Waals surface area contributed by atoms with Gasteiger partial charge in [-0.3, -0.25) is 4.90 Å². The van der Waals surface area contributed by atoms with E-state index in [4.69, 9.17) is 4.74 Å². The van der Waals surface area contributed by atoms with E-state index in [1.807, 2.05) is 18.2 Å². The van der Waals surface area contributed by atoms with E-state index in [1.54, 1.807) is 4.90 Å². The first-order valence-electron chi connectivity index (χ1n) is 9.35. The number of unbranched alkanes of at least 4 members (excludes halogenated alkanes) is 1. The largest absolute Gasteiger partial charge is 0.449 e. The highest BCUT2D eigenvalue weighted by Crippen LogP contribution is 2.42. The first-order valence-corrected chi connectivity index (χ1v) is 9.35. The molecule has 0 N–H and O–H groups in total. The minimum atomic E-state index is -0.901. The Labute approximate surface area is 149 Å². The first-order chi connectivity index (χ1) is 11.9. The number of likely N-dealkylation sites (tertiary alicyclic amines) is 1. The molecule has 5 heteroatoms. The summed E-state index contributed by atoms with van der Waals surface area (Å²) in [7, 11) is 0. The number of hydrogen-bond acceptors (Lipinski definition) is 3. The molecule has 3 rings (SSSR count). The Morgan fingerprint density at radius 1 is 1.28 bits per heavy atom. The van der Waals surface area contributed by atoms with E-state index in [2.05, 4.69) is 37.8 Å². The van der Waals surface area contributed by atoms with Gasteiger partial charge < -0.3 is 9.64 Å². The summed E-state index contributed by atoms with van der Waals surface area (Å²) in [4.78, 5) is 16.3. The van der Waals surface area contributed by atoms with E-state index < -0.39 is 6.17 Å². The summed E-state index contributed by atoms with van der Waals surface area (Å²) in [5, 5.41) is 0. The number of carbonyl (C=O) groups excluding carboxylic acids is 1. The molecule has 0 radical (unpaired) electrons. The van der Waals surface area contributed by atoms with E-state index in [-0.39, 0.29) is 23.7 Å². The Morgan fingerprint density at radius 3 is 2.64 bits per heavy atom.